The standard InChI is InChI=1S/C49H31NSe/c1-3-11-32(12-4-1)34-19-23-36(24-20-34)46-40-16-7-8-17-41(40)47(37-25-21-35(22-26-37)33-13-5-2-6-14-33)44-31-38(27-28-42(44)46)48-49-43(29-30-50-48)39-15-9-10-18-45(39)51-49/h1-31H. The van der Waals surface area contributed by atoms with Gasteiger partial charge in [-0.25, -0.2) is 0 Å². The minimum absolute atomic E-state index is 0.204. The molecule has 0 spiro atoms. The number of nitrogens with zero attached hydrogens (tertiary/aromatic N) is 1. The van der Waals surface area contributed by atoms with Crippen molar-refractivity contribution in [1.82, 2.24) is 4.98 Å². The van der Waals surface area contributed by atoms with Gasteiger partial charge in [-0.3, -0.25) is 0 Å². The monoisotopic (exact) mass is 713 g/mol. The Bertz CT molecular complexity index is 2870. The summed E-state index contributed by atoms with van der Waals surface area (Å²) in [6, 6.07) is 66.4. The van der Waals surface area contributed by atoms with E-state index < -0.39 is 0 Å². The Morgan fingerprint density at radius 1 is 0.314 bits per heavy atom. The minimum atomic E-state index is 0.204. The summed E-state index contributed by atoms with van der Waals surface area (Å²) in [5, 5.41) is 7.66. The molecule has 0 N–H and O–H groups in total. The summed E-state index contributed by atoms with van der Waals surface area (Å²) < 4.78 is 2.80. The Kier molecular flexibility index (Phi) is 7.24. The first-order valence-electron chi connectivity index (χ1n) is 17.4. The largest absolute Gasteiger partial charge is 0.0617 e. The minimum Gasteiger partial charge on any atom is -0.0617 e. The van der Waals surface area contributed by atoms with E-state index in [-0.39, 0.29) is 14.5 Å². The van der Waals surface area contributed by atoms with Crippen molar-refractivity contribution < 1.29 is 0 Å². The van der Waals surface area contributed by atoms with Crippen LogP contribution < -0.4 is 0 Å². The predicted octanol–water partition coefficient (Wildman–Crippen LogP) is 13.1. The third kappa shape index (κ3) is 5.12. The van der Waals surface area contributed by atoms with Crippen molar-refractivity contribution in [3.8, 4) is 55.8 Å². The molecule has 8 aromatic carbocycles. The molecule has 2 heterocycles. The van der Waals surface area contributed by atoms with E-state index in [9.17, 15) is 0 Å². The zero-order chi connectivity index (χ0) is 33.7. The van der Waals surface area contributed by atoms with E-state index in [1.165, 1.54) is 85.3 Å². The van der Waals surface area contributed by atoms with E-state index in [0.717, 1.165) is 11.3 Å². The van der Waals surface area contributed by atoms with E-state index in [1.54, 1.807) is 0 Å². The maximum Gasteiger partial charge on any atom is -0.0544 e. The molecule has 0 bridgehead atoms. The summed E-state index contributed by atoms with van der Waals surface area (Å²) in [7, 11) is 0. The summed E-state index contributed by atoms with van der Waals surface area (Å²) in [5.41, 5.74) is 12.1. The molecule has 51 heavy (non-hydrogen) atoms. The maximum absolute atomic E-state index is 5.06. The molecule has 0 aliphatic carbocycles. The van der Waals surface area contributed by atoms with Crippen molar-refractivity contribution >= 4 is 55.3 Å². The van der Waals surface area contributed by atoms with Gasteiger partial charge in [-0.05, 0) is 0 Å². The van der Waals surface area contributed by atoms with E-state index >= 15 is 0 Å². The summed E-state index contributed by atoms with van der Waals surface area (Å²) in [6.07, 6.45) is 1.99. The molecule has 0 fully saturated rings. The topological polar surface area (TPSA) is 12.9 Å². The van der Waals surface area contributed by atoms with E-state index in [1.807, 2.05) is 6.20 Å². The van der Waals surface area contributed by atoms with Crippen molar-refractivity contribution in [1.29, 1.82) is 0 Å². The summed E-state index contributed by atoms with van der Waals surface area (Å²) >= 11 is 0.204. The number of aromatic nitrogens is 1. The van der Waals surface area contributed by atoms with Crippen LogP contribution in [0.2, 0.25) is 0 Å². The number of rotatable bonds is 5. The smallest absolute Gasteiger partial charge is 0.0544 e. The van der Waals surface area contributed by atoms with Crippen LogP contribution in [0.4, 0.5) is 0 Å². The fourth-order valence-corrected chi connectivity index (χ4v) is 10.3. The van der Waals surface area contributed by atoms with Gasteiger partial charge in [0, 0.05) is 0 Å². The molecule has 0 saturated heterocycles. The van der Waals surface area contributed by atoms with Gasteiger partial charge < -0.3 is 0 Å². The molecule has 10 aromatic rings. The van der Waals surface area contributed by atoms with Crippen LogP contribution >= 0.6 is 0 Å². The van der Waals surface area contributed by atoms with Gasteiger partial charge in [0.25, 0.3) is 0 Å². The maximum atomic E-state index is 5.06. The van der Waals surface area contributed by atoms with E-state index in [2.05, 4.69) is 182 Å². The summed E-state index contributed by atoms with van der Waals surface area (Å²) in [6.45, 7) is 0. The number of pyridine rings is 1. The molecule has 0 unspecified atom stereocenters. The zero-order valence-electron chi connectivity index (χ0n) is 27.8. The molecule has 0 aliphatic rings. The predicted molar refractivity (Wildman–Crippen MR) is 218 cm³/mol. The quantitative estimate of drug-likeness (QED) is 0.128. The van der Waals surface area contributed by atoms with Crippen molar-refractivity contribution in [3.63, 3.8) is 0 Å². The average Bonchev–Trinajstić information content (AvgIpc) is 3.60. The molecule has 2 heteroatoms. The van der Waals surface area contributed by atoms with Gasteiger partial charge in [0.05, 0.1) is 0 Å². The molecule has 2 aromatic heterocycles. The number of hydrogen-bond donors (Lipinski definition) is 0. The second-order valence-electron chi connectivity index (χ2n) is 13.1. The van der Waals surface area contributed by atoms with Crippen LogP contribution in [0, 0.1) is 0 Å². The van der Waals surface area contributed by atoms with Gasteiger partial charge in [-0.1, -0.05) is 48.5 Å². The van der Waals surface area contributed by atoms with E-state index in [0.29, 0.717) is 0 Å². The first kappa shape index (κ1) is 29.8. The molecule has 0 atom stereocenters. The SMILES string of the molecule is c1ccc(-c2ccc(-c3c4ccccc4c(-c4ccc(-c5ccccc5)cc4)c4cc(-c5nccc6c5[se]c5ccccc56)ccc34)cc2)cc1. The van der Waals surface area contributed by atoms with Gasteiger partial charge in [-0.2, -0.15) is 0 Å². The Morgan fingerprint density at radius 3 is 1.37 bits per heavy atom. The van der Waals surface area contributed by atoms with Crippen LogP contribution in [-0.2, 0) is 0 Å². The van der Waals surface area contributed by atoms with E-state index in [4.69, 9.17) is 4.98 Å². The fraction of sp³-hybridized carbons (Fsp3) is 0. The second kappa shape index (κ2) is 12.4. The number of benzene rings is 8. The first-order chi connectivity index (χ1) is 25.3. The van der Waals surface area contributed by atoms with Crippen LogP contribution in [0.15, 0.2) is 188 Å². The normalized spacial score (nSPS) is 11.5. The Hall–Kier alpha value is -6.05. The third-order valence-corrected chi connectivity index (χ3v) is 12.7. The molecule has 0 amide bonds. The van der Waals surface area contributed by atoms with Crippen molar-refractivity contribution in [2.24, 2.45) is 0 Å². The molecule has 238 valence electrons. The van der Waals surface area contributed by atoms with Gasteiger partial charge in [0.15, 0.2) is 0 Å². The number of fused-ring (bicyclic) bond motifs is 5. The number of hydrogen-bond acceptors (Lipinski definition) is 1. The van der Waals surface area contributed by atoms with Crippen molar-refractivity contribution in [2.75, 3.05) is 0 Å². The van der Waals surface area contributed by atoms with Gasteiger partial charge in [0.1, 0.15) is 0 Å². The molecule has 1 nitrogen and oxygen atoms in total. The van der Waals surface area contributed by atoms with Crippen LogP contribution in [0.1, 0.15) is 0 Å². The first-order valence-corrected chi connectivity index (χ1v) is 19.1. The zero-order valence-corrected chi connectivity index (χ0v) is 29.5. The van der Waals surface area contributed by atoms with Crippen LogP contribution in [0.5, 0.6) is 0 Å². The Labute approximate surface area is 302 Å². The molecule has 0 aliphatic heterocycles. The fourth-order valence-electron chi connectivity index (χ4n) is 7.72. The van der Waals surface area contributed by atoms with Gasteiger partial charge in [0.2, 0.25) is 0 Å². The van der Waals surface area contributed by atoms with Crippen molar-refractivity contribution in [3.05, 3.63) is 188 Å². The third-order valence-electron chi connectivity index (χ3n) is 10.2. The Balaban J connectivity index is 1.24. The van der Waals surface area contributed by atoms with Crippen LogP contribution in [0.3, 0.4) is 0 Å². The van der Waals surface area contributed by atoms with Crippen molar-refractivity contribution in [2.45, 2.75) is 0 Å². The molecule has 0 saturated carbocycles. The van der Waals surface area contributed by atoms with Gasteiger partial charge >= 0.3 is 256 Å². The van der Waals surface area contributed by atoms with Crippen LogP contribution in [-0.4, -0.2) is 19.5 Å². The summed E-state index contributed by atoms with van der Waals surface area (Å²) in [5.74, 6) is 0. The molecular weight excluding hydrogens is 682 g/mol. The molecular formula is C49H31NSe. The molecule has 0 radical (unpaired) electrons. The second-order valence-corrected chi connectivity index (χ2v) is 15.3. The van der Waals surface area contributed by atoms with Gasteiger partial charge in [-0.15, -0.1) is 0 Å². The molecule has 10 rings (SSSR count). The Morgan fingerprint density at radius 2 is 0.765 bits per heavy atom. The van der Waals surface area contributed by atoms with Crippen LogP contribution in [0.25, 0.3) is 96.6 Å². The summed E-state index contributed by atoms with van der Waals surface area (Å²) in [4.78, 5) is 5.06. The average molecular weight is 713 g/mol.